The van der Waals surface area contributed by atoms with Crippen molar-refractivity contribution in [1.82, 2.24) is 0 Å². The summed E-state index contributed by atoms with van der Waals surface area (Å²) < 4.78 is 65.5. The van der Waals surface area contributed by atoms with E-state index in [0.29, 0.717) is 17.1 Å². The Morgan fingerprint density at radius 3 is 2.30 bits per heavy atom. The van der Waals surface area contributed by atoms with Crippen LogP contribution in [-0.2, 0) is 0 Å². The van der Waals surface area contributed by atoms with Crippen LogP contribution < -0.4 is 9.47 Å². The zero-order valence-corrected chi connectivity index (χ0v) is 12.7. The van der Waals surface area contributed by atoms with Gasteiger partial charge in [-0.2, -0.15) is 0 Å². The predicted octanol–water partition coefficient (Wildman–Crippen LogP) is 5.18. The monoisotopic (exact) mass is 313 g/mol. The highest BCUT2D eigenvalue weighted by Crippen LogP contribution is 2.37. The molecule has 0 aromatic heterocycles. The van der Waals surface area contributed by atoms with E-state index >= 15 is 4.39 Å². The molecule has 3 heteroatoms. The summed E-state index contributed by atoms with van der Waals surface area (Å²) >= 11 is 0. The fourth-order valence-corrected chi connectivity index (χ4v) is 2.34. The maximum atomic E-state index is 15.4. The molecule has 0 aliphatic heterocycles. The molecule has 0 radical (unpaired) electrons. The van der Waals surface area contributed by atoms with Crippen molar-refractivity contribution in [2.75, 3.05) is 14.2 Å². The first-order valence-corrected chi connectivity index (χ1v) is 6.90. The number of methoxy groups -OCH3 is 2. The van der Waals surface area contributed by atoms with E-state index < -0.39 is 36.0 Å². The summed E-state index contributed by atoms with van der Waals surface area (Å²) in [6.07, 6.45) is 0. The maximum Gasteiger partial charge on any atom is 0.138 e. The highest BCUT2D eigenvalue weighted by Gasteiger charge is 2.15. The molecule has 0 saturated heterocycles. The zero-order chi connectivity index (χ0) is 20.6. The highest BCUT2D eigenvalue weighted by atomic mass is 19.1. The molecular weight excluding hydrogens is 291 g/mol. The van der Waals surface area contributed by atoms with Crippen LogP contribution in [0, 0.1) is 5.82 Å². The smallest absolute Gasteiger partial charge is 0.138 e. The van der Waals surface area contributed by atoms with Gasteiger partial charge in [0.05, 0.1) is 21.1 Å². The Labute approximate surface area is 142 Å². The van der Waals surface area contributed by atoms with Gasteiger partial charge in [0.25, 0.3) is 0 Å². The third kappa shape index (κ3) is 2.90. The number of benzene rings is 3. The van der Waals surface area contributed by atoms with Crippen LogP contribution in [-0.4, -0.2) is 14.2 Å². The first-order chi connectivity index (χ1) is 13.3. The normalized spacial score (nSPS) is 13.4. The molecular formula is C20H17FO2. The van der Waals surface area contributed by atoms with Gasteiger partial charge in [0.15, 0.2) is 0 Å². The van der Waals surface area contributed by atoms with Gasteiger partial charge in [-0.1, -0.05) is 48.4 Å². The van der Waals surface area contributed by atoms with E-state index in [1.807, 2.05) is 0 Å². The lowest BCUT2D eigenvalue weighted by Crippen LogP contribution is -1.94. The lowest BCUT2D eigenvalue weighted by atomic mass is 9.97. The molecule has 0 N–H and O–H groups in total. The lowest BCUT2D eigenvalue weighted by molar-refractivity contribution is 0.395. The highest BCUT2D eigenvalue weighted by molar-refractivity contribution is 5.78. The predicted molar refractivity (Wildman–Crippen MR) is 90.4 cm³/mol. The molecule has 0 fully saturated rings. The Hall–Kier alpha value is -2.81. The summed E-state index contributed by atoms with van der Waals surface area (Å²) in [5.41, 5.74) is 0.379. The Bertz CT molecular complexity index is 1040. The van der Waals surface area contributed by atoms with Gasteiger partial charge in [0.2, 0.25) is 0 Å². The van der Waals surface area contributed by atoms with E-state index in [9.17, 15) is 0 Å². The lowest BCUT2D eigenvalue weighted by Gasteiger charge is -2.13. The zero-order valence-electron chi connectivity index (χ0n) is 17.7. The molecule has 2 nitrogen and oxygen atoms in total. The molecule has 0 aliphatic rings. The molecule has 116 valence electrons. The van der Waals surface area contributed by atoms with Gasteiger partial charge in [-0.3, -0.25) is 0 Å². The van der Waals surface area contributed by atoms with Crippen molar-refractivity contribution in [3.05, 3.63) is 72.4 Å². The second-order valence-electron chi connectivity index (χ2n) is 4.73. The second-order valence-corrected chi connectivity index (χ2v) is 4.73. The largest absolute Gasteiger partial charge is 0.497 e. The van der Waals surface area contributed by atoms with E-state index in [0.717, 1.165) is 0 Å². The minimum Gasteiger partial charge on any atom is -0.497 e. The molecule has 0 unspecified atom stereocenters. The quantitative estimate of drug-likeness (QED) is 0.661. The van der Waals surface area contributed by atoms with E-state index in [2.05, 4.69) is 0 Å². The summed E-state index contributed by atoms with van der Waals surface area (Å²) in [6.45, 7) is 0. The summed E-state index contributed by atoms with van der Waals surface area (Å²) in [5, 5.41) is 0. The van der Waals surface area contributed by atoms with Gasteiger partial charge >= 0.3 is 0 Å². The number of halogens is 1. The van der Waals surface area contributed by atoms with Crippen LogP contribution >= 0.6 is 0 Å². The number of hydrogen-bond donors (Lipinski definition) is 0. The first kappa shape index (κ1) is 10.1. The van der Waals surface area contributed by atoms with Gasteiger partial charge in [-0.05, 0) is 17.7 Å². The molecule has 0 heterocycles. The van der Waals surface area contributed by atoms with Crippen LogP contribution in [0.25, 0.3) is 22.3 Å². The van der Waals surface area contributed by atoms with Crippen LogP contribution in [0.3, 0.4) is 0 Å². The molecule has 3 aromatic rings. The van der Waals surface area contributed by atoms with Crippen LogP contribution in [0.2, 0.25) is 0 Å². The molecule has 23 heavy (non-hydrogen) atoms. The van der Waals surface area contributed by atoms with Crippen LogP contribution in [0.5, 0.6) is 11.5 Å². The van der Waals surface area contributed by atoms with Crippen molar-refractivity contribution >= 4 is 0 Å². The van der Waals surface area contributed by atoms with Crippen molar-refractivity contribution < 1.29 is 20.7 Å². The Kier molecular flexibility index (Phi) is 2.85. The van der Waals surface area contributed by atoms with E-state index in [-0.39, 0.29) is 16.7 Å². The third-order valence-electron chi connectivity index (χ3n) is 3.47. The van der Waals surface area contributed by atoms with Crippen LogP contribution in [0.15, 0.2) is 66.6 Å². The van der Waals surface area contributed by atoms with Crippen molar-refractivity contribution in [1.29, 1.82) is 0 Å². The van der Waals surface area contributed by atoms with Crippen molar-refractivity contribution in [3.8, 4) is 33.8 Å². The summed E-state index contributed by atoms with van der Waals surface area (Å²) in [7, 11) is 2.96. The van der Waals surface area contributed by atoms with Crippen LogP contribution in [0.1, 0.15) is 6.85 Å². The van der Waals surface area contributed by atoms with Gasteiger partial charge in [-0.15, -0.1) is 0 Å². The third-order valence-corrected chi connectivity index (χ3v) is 3.47. The fourth-order valence-electron chi connectivity index (χ4n) is 2.34. The van der Waals surface area contributed by atoms with Crippen molar-refractivity contribution in [2.24, 2.45) is 0 Å². The molecule has 0 spiro atoms. The van der Waals surface area contributed by atoms with E-state index in [1.54, 1.807) is 30.3 Å². The number of rotatable bonds is 4. The van der Waals surface area contributed by atoms with E-state index in [1.165, 1.54) is 20.3 Å². The summed E-state index contributed by atoms with van der Waals surface area (Å²) in [5.74, 6) is 0.226. The van der Waals surface area contributed by atoms with E-state index in [4.69, 9.17) is 16.3 Å². The molecule has 0 saturated carbocycles. The Morgan fingerprint density at radius 1 is 0.870 bits per heavy atom. The average Bonchev–Trinajstić information content (AvgIpc) is 2.71. The molecule has 3 rings (SSSR count). The summed E-state index contributed by atoms with van der Waals surface area (Å²) in [6, 6.07) is 6.96. The first-order valence-electron chi connectivity index (χ1n) is 9.40. The fraction of sp³-hybridized carbons (Fsp3) is 0.100. The van der Waals surface area contributed by atoms with Crippen molar-refractivity contribution in [2.45, 2.75) is 0 Å². The maximum absolute atomic E-state index is 15.4. The van der Waals surface area contributed by atoms with Gasteiger partial charge < -0.3 is 9.47 Å². The molecule has 0 bridgehead atoms. The molecule has 0 amide bonds. The number of hydrogen-bond acceptors (Lipinski definition) is 2. The van der Waals surface area contributed by atoms with Gasteiger partial charge in [-0.25, -0.2) is 4.39 Å². The van der Waals surface area contributed by atoms with Gasteiger partial charge in [0.1, 0.15) is 17.3 Å². The molecule has 3 aromatic carbocycles. The Balaban J connectivity index is 2.28. The standard InChI is InChI=1S/C20H17FO2/c1-22-15-11-12-17(19(13-15)23-2)18-10-6-9-16(20(18)21)14-7-4-3-5-8-14/h3-13H,1-2H3/i3D,4D,5D,7D,8D. The van der Waals surface area contributed by atoms with Crippen molar-refractivity contribution in [3.63, 3.8) is 0 Å². The molecule has 0 atom stereocenters. The second kappa shape index (κ2) is 6.53. The van der Waals surface area contributed by atoms with Crippen LogP contribution in [0.4, 0.5) is 4.39 Å². The topological polar surface area (TPSA) is 18.5 Å². The Morgan fingerprint density at radius 2 is 1.61 bits per heavy atom. The minimum absolute atomic E-state index is 0.0765. The minimum atomic E-state index is -0.704. The average molecular weight is 313 g/mol. The SMILES string of the molecule is [2H]c1c([2H])c([2H])c(-c2cccc(-c3ccc(OC)cc3OC)c2F)c([2H])c1[2H]. The van der Waals surface area contributed by atoms with Gasteiger partial charge in [0, 0.05) is 22.8 Å². The number of ether oxygens (including phenoxy) is 2. The molecule has 0 aliphatic carbocycles. The summed E-state index contributed by atoms with van der Waals surface area (Å²) in [4.78, 5) is 0.